The van der Waals surface area contributed by atoms with Crippen molar-refractivity contribution in [2.75, 3.05) is 0 Å². The molecule has 0 aliphatic carbocycles. The molecule has 0 aliphatic heterocycles. The van der Waals surface area contributed by atoms with Crippen molar-refractivity contribution in [3.63, 3.8) is 0 Å². The number of hydrogen-bond donors (Lipinski definition) is 2. The number of alkyl halides is 3. The van der Waals surface area contributed by atoms with Crippen molar-refractivity contribution < 1.29 is 32.6 Å². The van der Waals surface area contributed by atoms with Gasteiger partial charge in [-0.25, -0.2) is 0 Å². The quantitative estimate of drug-likeness (QED) is 0.803. The maximum Gasteiger partial charge on any atom is 0.573 e. The van der Waals surface area contributed by atoms with E-state index < -0.39 is 24.1 Å². The zero-order valence-electron chi connectivity index (χ0n) is 12.7. The highest BCUT2D eigenvalue weighted by Gasteiger charge is 2.31. The number of ether oxygens (including phenoxy) is 1. The van der Waals surface area contributed by atoms with E-state index in [1.807, 2.05) is 6.92 Å². The molecule has 128 valence electrons. The second kappa shape index (κ2) is 7.85. The van der Waals surface area contributed by atoms with Gasteiger partial charge < -0.3 is 15.2 Å². The van der Waals surface area contributed by atoms with Crippen molar-refractivity contribution in [1.29, 1.82) is 0 Å². The Hall–Kier alpha value is -2.25. The van der Waals surface area contributed by atoms with Crippen LogP contribution in [0.5, 0.6) is 5.75 Å². The average Bonchev–Trinajstić information content (AvgIpc) is 2.44. The molecule has 0 bridgehead atoms. The van der Waals surface area contributed by atoms with Crippen LogP contribution in [0.1, 0.15) is 38.3 Å². The van der Waals surface area contributed by atoms with Crippen LogP contribution in [0.25, 0.3) is 0 Å². The fourth-order valence-corrected chi connectivity index (χ4v) is 1.83. The molecular weight excluding hydrogens is 315 g/mol. The summed E-state index contributed by atoms with van der Waals surface area (Å²) in [5, 5.41) is 11.5. The molecule has 1 rings (SSSR count). The molecule has 0 saturated carbocycles. The zero-order valence-corrected chi connectivity index (χ0v) is 12.7. The van der Waals surface area contributed by atoms with Crippen LogP contribution in [0.2, 0.25) is 0 Å². The lowest BCUT2D eigenvalue weighted by molar-refractivity contribution is -0.274. The van der Waals surface area contributed by atoms with Crippen LogP contribution in [0.15, 0.2) is 24.3 Å². The van der Waals surface area contributed by atoms with Crippen LogP contribution in [-0.2, 0) is 9.59 Å². The first-order valence-electron chi connectivity index (χ1n) is 7.00. The molecule has 0 fully saturated rings. The molecule has 1 aromatic carbocycles. The summed E-state index contributed by atoms with van der Waals surface area (Å²) in [7, 11) is 0. The second-order valence-electron chi connectivity index (χ2n) is 5.09. The number of carboxylic acids is 1. The summed E-state index contributed by atoms with van der Waals surface area (Å²) in [4.78, 5) is 22.9. The molecule has 0 heterocycles. The minimum atomic E-state index is -4.80. The van der Waals surface area contributed by atoms with Gasteiger partial charge in [0, 0.05) is 5.92 Å². The van der Waals surface area contributed by atoms with Gasteiger partial charge in [0.1, 0.15) is 5.75 Å². The van der Waals surface area contributed by atoms with Gasteiger partial charge in [0.05, 0.1) is 12.5 Å². The van der Waals surface area contributed by atoms with E-state index in [1.54, 1.807) is 6.92 Å². The Kier molecular flexibility index (Phi) is 6.41. The van der Waals surface area contributed by atoms with E-state index in [1.165, 1.54) is 12.1 Å². The van der Waals surface area contributed by atoms with Crippen molar-refractivity contribution >= 4 is 11.9 Å². The van der Waals surface area contributed by atoms with Crippen LogP contribution >= 0.6 is 0 Å². The predicted molar refractivity (Wildman–Crippen MR) is 75.7 cm³/mol. The Bertz CT molecular complexity index is 543. The third-order valence-corrected chi connectivity index (χ3v) is 3.27. The molecule has 5 nitrogen and oxygen atoms in total. The highest BCUT2D eigenvalue weighted by Crippen LogP contribution is 2.25. The predicted octanol–water partition coefficient (Wildman–Crippen LogP) is 3.26. The Labute approximate surface area is 131 Å². The fourth-order valence-electron chi connectivity index (χ4n) is 1.83. The number of rotatable bonds is 7. The molecule has 1 amide bonds. The van der Waals surface area contributed by atoms with Crippen molar-refractivity contribution in [3.05, 3.63) is 29.8 Å². The van der Waals surface area contributed by atoms with Crippen LogP contribution in [0.4, 0.5) is 13.2 Å². The lowest BCUT2D eigenvalue weighted by Gasteiger charge is -2.20. The monoisotopic (exact) mass is 333 g/mol. The molecule has 2 N–H and O–H groups in total. The fraction of sp³-hybridized carbons (Fsp3) is 0.467. The number of amides is 1. The number of carbonyl (C=O) groups is 2. The molecule has 0 aliphatic rings. The van der Waals surface area contributed by atoms with E-state index in [0.29, 0.717) is 12.0 Å². The van der Waals surface area contributed by atoms with Gasteiger partial charge in [-0.3, -0.25) is 9.59 Å². The van der Waals surface area contributed by atoms with E-state index in [0.717, 1.165) is 12.1 Å². The standard InChI is InChI=1S/C15H18F3NO4/c1-3-9(2)14(22)19-12(8-13(20)21)10-4-6-11(7-5-10)23-15(16,17)18/h4-7,9,12H,3,8H2,1-2H3,(H,19,22)(H,20,21). The SMILES string of the molecule is CCC(C)C(=O)NC(CC(=O)O)c1ccc(OC(F)(F)F)cc1. The molecule has 1 aromatic rings. The number of hydrogen-bond acceptors (Lipinski definition) is 3. The lowest BCUT2D eigenvalue weighted by atomic mass is 10.0. The van der Waals surface area contributed by atoms with Crippen molar-refractivity contribution in [3.8, 4) is 5.75 Å². The van der Waals surface area contributed by atoms with E-state index in [4.69, 9.17) is 5.11 Å². The molecule has 0 spiro atoms. The van der Waals surface area contributed by atoms with Gasteiger partial charge in [0.2, 0.25) is 5.91 Å². The molecule has 0 radical (unpaired) electrons. The van der Waals surface area contributed by atoms with Gasteiger partial charge >= 0.3 is 12.3 Å². The summed E-state index contributed by atoms with van der Waals surface area (Å²) >= 11 is 0. The third-order valence-electron chi connectivity index (χ3n) is 3.27. The topological polar surface area (TPSA) is 75.6 Å². The molecule has 8 heteroatoms. The summed E-state index contributed by atoms with van der Waals surface area (Å²) < 4.78 is 40.1. The van der Waals surface area contributed by atoms with E-state index in [2.05, 4.69) is 10.1 Å². The zero-order chi connectivity index (χ0) is 17.6. The number of aliphatic carboxylic acids is 1. The van der Waals surface area contributed by atoms with Crippen LogP contribution in [0, 0.1) is 5.92 Å². The average molecular weight is 333 g/mol. The molecule has 23 heavy (non-hydrogen) atoms. The lowest BCUT2D eigenvalue weighted by Crippen LogP contribution is -2.33. The highest BCUT2D eigenvalue weighted by atomic mass is 19.4. The minimum Gasteiger partial charge on any atom is -0.481 e. The normalized spacial score (nSPS) is 14.0. The Morgan fingerprint density at radius 2 is 1.83 bits per heavy atom. The van der Waals surface area contributed by atoms with Gasteiger partial charge in [-0.15, -0.1) is 13.2 Å². The Balaban J connectivity index is 2.90. The number of carboxylic acid groups (broad SMARTS) is 1. The first-order chi connectivity index (χ1) is 10.6. The van der Waals surface area contributed by atoms with Gasteiger partial charge in [-0.2, -0.15) is 0 Å². The number of benzene rings is 1. The third kappa shape index (κ3) is 6.58. The van der Waals surface area contributed by atoms with Gasteiger partial charge in [0.25, 0.3) is 0 Å². The molecule has 2 unspecified atom stereocenters. The molecule has 2 atom stereocenters. The van der Waals surface area contributed by atoms with E-state index >= 15 is 0 Å². The summed E-state index contributed by atoms with van der Waals surface area (Å²) in [6, 6.07) is 3.92. The minimum absolute atomic E-state index is 0.292. The van der Waals surface area contributed by atoms with Crippen LogP contribution in [-0.4, -0.2) is 23.3 Å². The summed E-state index contributed by atoms with van der Waals surface area (Å²) in [6.07, 6.45) is -4.58. The van der Waals surface area contributed by atoms with E-state index in [-0.39, 0.29) is 18.2 Å². The summed E-state index contributed by atoms with van der Waals surface area (Å²) in [5.41, 5.74) is 0.388. The van der Waals surface area contributed by atoms with Crippen molar-refractivity contribution in [1.82, 2.24) is 5.32 Å². The maximum absolute atomic E-state index is 12.1. The highest BCUT2D eigenvalue weighted by molar-refractivity contribution is 5.79. The van der Waals surface area contributed by atoms with Crippen molar-refractivity contribution in [2.45, 2.75) is 39.1 Å². The smallest absolute Gasteiger partial charge is 0.481 e. The van der Waals surface area contributed by atoms with Crippen LogP contribution in [0.3, 0.4) is 0 Å². The largest absolute Gasteiger partial charge is 0.573 e. The van der Waals surface area contributed by atoms with Gasteiger partial charge in [-0.05, 0) is 24.1 Å². The van der Waals surface area contributed by atoms with Crippen molar-refractivity contribution in [2.24, 2.45) is 5.92 Å². The molecule has 0 saturated heterocycles. The van der Waals surface area contributed by atoms with Gasteiger partial charge in [-0.1, -0.05) is 26.0 Å². The number of nitrogens with one attached hydrogen (secondary N) is 1. The van der Waals surface area contributed by atoms with Gasteiger partial charge in [0.15, 0.2) is 0 Å². The Morgan fingerprint density at radius 3 is 2.26 bits per heavy atom. The first kappa shape index (κ1) is 18.8. The molecular formula is C15H18F3NO4. The summed E-state index contributed by atoms with van der Waals surface area (Å²) in [6.45, 7) is 3.52. The second-order valence-corrected chi connectivity index (χ2v) is 5.09. The Morgan fingerprint density at radius 1 is 1.26 bits per heavy atom. The summed E-state index contributed by atoms with van der Waals surface area (Å²) in [5.74, 6) is -2.15. The first-order valence-corrected chi connectivity index (χ1v) is 7.00. The maximum atomic E-state index is 12.1. The van der Waals surface area contributed by atoms with E-state index in [9.17, 15) is 22.8 Å². The van der Waals surface area contributed by atoms with Crippen LogP contribution < -0.4 is 10.1 Å². The number of halogens is 3. The molecule has 0 aromatic heterocycles. The number of carbonyl (C=O) groups excluding carboxylic acids is 1.